The molecular formula is C21H18ClN3O4. The number of fused-ring (bicyclic) bond motifs is 1. The molecule has 1 aliphatic rings. The van der Waals surface area contributed by atoms with Crippen LogP contribution in [0.3, 0.4) is 0 Å². The van der Waals surface area contributed by atoms with Crippen molar-refractivity contribution in [3.8, 4) is 5.88 Å². The largest absolute Gasteiger partial charge is 0.494 e. The molecule has 8 heteroatoms. The highest BCUT2D eigenvalue weighted by molar-refractivity contribution is 6.30. The second kappa shape index (κ2) is 7.60. The molecule has 1 atom stereocenters. The van der Waals surface area contributed by atoms with Crippen molar-refractivity contribution < 1.29 is 19.5 Å². The Balaban J connectivity index is 1.52. The molecule has 0 bridgehead atoms. The van der Waals surface area contributed by atoms with Crippen molar-refractivity contribution >= 4 is 40.1 Å². The average Bonchev–Trinajstić information content (AvgIpc) is 3.02. The van der Waals surface area contributed by atoms with Crippen LogP contribution < -0.4 is 10.6 Å². The van der Waals surface area contributed by atoms with Crippen LogP contribution in [0.5, 0.6) is 5.88 Å². The third kappa shape index (κ3) is 3.82. The van der Waals surface area contributed by atoms with E-state index >= 15 is 0 Å². The number of carbonyl (C=O) groups is 3. The third-order valence-electron chi connectivity index (χ3n) is 4.98. The SMILES string of the molecule is O=C1CCC(n2cc3cc(CNC(=O)c4ccc(Cl)cc4)ccc3c2O)C(=O)N1. The Kier molecular flexibility index (Phi) is 4.98. The molecule has 7 nitrogen and oxygen atoms in total. The molecule has 148 valence electrons. The van der Waals surface area contributed by atoms with Gasteiger partial charge in [0.05, 0.1) is 0 Å². The maximum Gasteiger partial charge on any atom is 0.251 e. The fourth-order valence-electron chi connectivity index (χ4n) is 3.45. The molecule has 1 aromatic heterocycles. The minimum atomic E-state index is -0.631. The molecule has 1 aliphatic heterocycles. The fraction of sp³-hybridized carbons (Fsp3) is 0.190. The van der Waals surface area contributed by atoms with Crippen LogP contribution in [-0.4, -0.2) is 27.4 Å². The molecule has 2 aromatic carbocycles. The number of piperidine rings is 1. The van der Waals surface area contributed by atoms with E-state index in [0.717, 1.165) is 10.9 Å². The Bertz CT molecular complexity index is 1120. The number of halogens is 1. The fourth-order valence-corrected chi connectivity index (χ4v) is 3.58. The molecule has 0 spiro atoms. The molecule has 0 aliphatic carbocycles. The van der Waals surface area contributed by atoms with Crippen LogP contribution >= 0.6 is 11.6 Å². The Morgan fingerprint density at radius 2 is 1.97 bits per heavy atom. The van der Waals surface area contributed by atoms with Gasteiger partial charge in [0.15, 0.2) is 5.88 Å². The number of amides is 3. The first-order valence-corrected chi connectivity index (χ1v) is 9.50. The predicted octanol–water partition coefficient (Wildman–Crippen LogP) is 2.91. The number of aromatic nitrogens is 1. The summed E-state index contributed by atoms with van der Waals surface area (Å²) < 4.78 is 1.49. The van der Waals surface area contributed by atoms with Crippen molar-refractivity contribution in [2.45, 2.75) is 25.4 Å². The van der Waals surface area contributed by atoms with Crippen LogP contribution in [0.2, 0.25) is 5.02 Å². The Morgan fingerprint density at radius 1 is 1.21 bits per heavy atom. The molecule has 4 rings (SSSR count). The zero-order valence-corrected chi connectivity index (χ0v) is 16.1. The van der Waals surface area contributed by atoms with E-state index in [4.69, 9.17) is 11.6 Å². The van der Waals surface area contributed by atoms with Crippen molar-refractivity contribution in [2.75, 3.05) is 0 Å². The van der Waals surface area contributed by atoms with Gasteiger partial charge in [-0.05, 0) is 48.4 Å². The summed E-state index contributed by atoms with van der Waals surface area (Å²) in [6.07, 6.45) is 2.25. The van der Waals surface area contributed by atoms with Crippen molar-refractivity contribution in [3.05, 3.63) is 64.8 Å². The van der Waals surface area contributed by atoms with Gasteiger partial charge in [0.1, 0.15) is 6.04 Å². The van der Waals surface area contributed by atoms with Gasteiger partial charge in [-0.15, -0.1) is 0 Å². The monoisotopic (exact) mass is 411 g/mol. The summed E-state index contributed by atoms with van der Waals surface area (Å²) in [4.78, 5) is 35.7. The topological polar surface area (TPSA) is 100 Å². The summed E-state index contributed by atoms with van der Waals surface area (Å²) in [6.45, 7) is 0.307. The second-order valence-electron chi connectivity index (χ2n) is 6.94. The van der Waals surface area contributed by atoms with Gasteiger partial charge in [0.25, 0.3) is 5.91 Å². The minimum Gasteiger partial charge on any atom is -0.494 e. The molecule has 1 unspecified atom stereocenters. The average molecular weight is 412 g/mol. The van der Waals surface area contributed by atoms with E-state index in [1.807, 2.05) is 6.07 Å². The van der Waals surface area contributed by atoms with Crippen LogP contribution in [0.15, 0.2) is 48.7 Å². The highest BCUT2D eigenvalue weighted by Crippen LogP contribution is 2.33. The maximum absolute atomic E-state index is 12.3. The molecule has 3 N–H and O–H groups in total. The van der Waals surface area contributed by atoms with Crippen LogP contribution in [0.25, 0.3) is 10.8 Å². The first kappa shape index (κ1) is 19.0. The lowest BCUT2D eigenvalue weighted by Gasteiger charge is -2.22. The van der Waals surface area contributed by atoms with Gasteiger partial charge in [-0.2, -0.15) is 0 Å². The van der Waals surface area contributed by atoms with E-state index in [9.17, 15) is 19.5 Å². The number of benzene rings is 2. The van der Waals surface area contributed by atoms with Gasteiger partial charge in [-0.25, -0.2) is 0 Å². The van der Waals surface area contributed by atoms with Gasteiger partial charge in [0, 0.05) is 40.5 Å². The van der Waals surface area contributed by atoms with E-state index in [1.54, 1.807) is 42.6 Å². The van der Waals surface area contributed by atoms with Crippen LogP contribution in [0, 0.1) is 0 Å². The number of rotatable bonds is 4. The lowest BCUT2D eigenvalue weighted by molar-refractivity contribution is -0.135. The standard InChI is InChI=1S/C21H18ClN3O4/c22-15-4-2-13(3-5-15)19(27)23-10-12-1-6-16-14(9-12)11-25(21(16)29)17-7-8-18(26)24-20(17)28/h1-6,9,11,17,29H,7-8,10H2,(H,23,27)(H,24,26,28). The number of nitrogens with one attached hydrogen (secondary N) is 2. The van der Waals surface area contributed by atoms with E-state index in [2.05, 4.69) is 10.6 Å². The van der Waals surface area contributed by atoms with Crippen molar-refractivity contribution in [3.63, 3.8) is 0 Å². The summed E-state index contributed by atoms with van der Waals surface area (Å²) in [7, 11) is 0. The number of nitrogens with zero attached hydrogens (tertiary/aromatic N) is 1. The molecular weight excluding hydrogens is 394 g/mol. The molecule has 3 aromatic rings. The number of carbonyl (C=O) groups excluding carboxylic acids is 3. The third-order valence-corrected chi connectivity index (χ3v) is 5.24. The number of imide groups is 1. The summed E-state index contributed by atoms with van der Waals surface area (Å²) in [6, 6.07) is 11.4. The molecule has 0 radical (unpaired) electrons. The summed E-state index contributed by atoms with van der Waals surface area (Å²) in [5.74, 6) is -0.967. The Morgan fingerprint density at radius 3 is 2.69 bits per heavy atom. The van der Waals surface area contributed by atoms with Crippen LogP contribution in [0.1, 0.15) is 34.8 Å². The van der Waals surface area contributed by atoms with E-state index < -0.39 is 11.9 Å². The number of aromatic hydroxyl groups is 1. The lowest BCUT2D eigenvalue weighted by Crippen LogP contribution is -2.41. The maximum atomic E-state index is 12.3. The Labute approximate surface area is 171 Å². The van der Waals surface area contributed by atoms with Crippen molar-refractivity contribution in [1.82, 2.24) is 15.2 Å². The van der Waals surface area contributed by atoms with Gasteiger partial charge in [-0.1, -0.05) is 17.7 Å². The normalized spacial score (nSPS) is 16.7. The predicted molar refractivity (Wildman–Crippen MR) is 108 cm³/mol. The summed E-state index contributed by atoms with van der Waals surface area (Å²) in [5, 5.41) is 17.6. The second-order valence-corrected chi connectivity index (χ2v) is 7.37. The number of hydrogen-bond donors (Lipinski definition) is 3. The molecule has 29 heavy (non-hydrogen) atoms. The van der Waals surface area contributed by atoms with E-state index in [1.165, 1.54) is 4.57 Å². The quantitative estimate of drug-likeness (QED) is 0.574. The van der Waals surface area contributed by atoms with Crippen LogP contribution in [0.4, 0.5) is 0 Å². The van der Waals surface area contributed by atoms with Crippen molar-refractivity contribution in [1.29, 1.82) is 0 Å². The van der Waals surface area contributed by atoms with E-state index in [0.29, 0.717) is 28.9 Å². The highest BCUT2D eigenvalue weighted by atomic mass is 35.5. The molecule has 2 heterocycles. The van der Waals surface area contributed by atoms with Gasteiger partial charge in [0.2, 0.25) is 11.8 Å². The lowest BCUT2D eigenvalue weighted by atomic mass is 10.1. The van der Waals surface area contributed by atoms with Crippen LogP contribution in [-0.2, 0) is 16.1 Å². The van der Waals surface area contributed by atoms with Gasteiger partial charge >= 0.3 is 0 Å². The molecule has 0 saturated carbocycles. The highest BCUT2D eigenvalue weighted by Gasteiger charge is 2.30. The first-order valence-electron chi connectivity index (χ1n) is 9.12. The minimum absolute atomic E-state index is 0.0220. The van der Waals surface area contributed by atoms with E-state index in [-0.39, 0.29) is 24.1 Å². The smallest absolute Gasteiger partial charge is 0.251 e. The number of hydrogen-bond acceptors (Lipinski definition) is 4. The molecule has 1 fully saturated rings. The summed E-state index contributed by atoms with van der Waals surface area (Å²) in [5.41, 5.74) is 1.36. The molecule has 3 amide bonds. The zero-order chi connectivity index (χ0) is 20.5. The van der Waals surface area contributed by atoms with Crippen molar-refractivity contribution in [2.24, 2.45) is 0 Å². The zero-order valence-electron chi connectivity index (χ0n) is 15.3. The summed E-state index contributed by atoms with van der Waals surface area (Å²) >= 11 is 5.84. The Hall–Kier alpha value is -3.32. The first-order chi connectivity index (χ1) is 13.9. The molecule has 1 saturated heterocycles. The van der Waals surface area contributed by atoms with Gasteiger partial charge in [-0.3, -0.25) is 19.7 Å². The van der Waals surface area contributed by atoms with Gasteiger partial charge < -0.3 is 15.0 Å².